The zero-order chi connectivity index (χ0) is 14.7. The van der Waals surface area contributed by atoms with Crippen molar-refractivity contribution in [3.63, 3.8) is 0 Å². The largest absolute Gasteiger partial charge is 0.388 e. The van der Waals surface area contributed by atoms with Gasteiger partial charge < -0.3 is 10.4 Å². The molecule has 0 radical (unpaired) electrons. The van der Waals surface area contributed by atoms with Crippen LogP contribution in [-0.4, -0.2) is 18.7 Å². The highest BCUT2D eigenvalue weighted by atomic mass is 16.3. The van der Waals surface area contributed by atoms with Gasteiger partial charge in [-0.25, -0.2) is 0 Å². The maximum absolute atomic E-state index is 10.5. The van der Waals surface area contributed by atoms with E-state index in [0.29, 0.717) is 6.42 Å². The van der Waals surface area contributed by atoms with Gasteiger partial charge in [-0.1, -0.05) is 54.6 Å². The third-order valence-corrected chi connectivity index (χ3v) is 4.07. The minimum atomic E-state index is -0.433. The smallest absolute Gasteiger partial charge is 0.0836 e. The molecule has 1 aliphatic carbocycles. The highest BCUT2D eigenvalue weighted by molar-refractivity contribution is 5.84. The number of aliphatic hydroxyl groups excluding tert-OH is 1. The van der Waals surface area contributed by atoms with Crippen LogP contribution in [-0.2, 0) is 6.42 Å². The molecule has 0 fully saturated rings. The maximum atomic E-state index is 10.5. The predicted molar refractivity (Wildman–Crippen MR) is 87.2 cm³/mol. The molecule has 1 unspecified atom stereocenters. The molecule has 0 aromatic heterocycles. The number of rotatable bonds is 3. The van der Waals surface area contributed by atoms with Crippen LogP contribution in [0.15, 0.2) is 54.6 Å². The number of benzene rings is 2. The van der Waals surface area contributed by atoms with Gasteiger partial charge in [-0.3, -0.25) is 0 Å². The number of hydrogen-bond acceptors (Lipinski definition) is 2. The Morgan fingerprint density at radius 3 is 2.62 bits per heavy atom. The fourth-order valence-electron chi connectivity index (χ4n) is 3.04. The SMILES string of the molecule is CNCCC=C1c2ccccc2CC(O)c2ccccc21. The number of hydrogen-bond donors (Lipinski definition) is 2. The van der Waals surface area contributed by atoms with Crippen molar-refractivity contribution < 1.29 is 5.11 Å². The maximum Gasteiger partial charge on any atom is 0.0836 e. The van der Waals surface area contributed by atoms with Gasteiger partial charge in [0.1, 0.15) is 0 Å². The van der Waals surface area contributed by atoms with Crippen LogP contribution in [0.2, 0.25) is 0 Å². The molecule has 108 valence electrons. The van der Waals surface area contributed by atoms with Gasteiger partial charge in [0, 0.05) is 6.42 Å². The molecule has 2 N–H and O–H groups in total. The molecule has 0 saturated carbocycles. The van der Waals surface area contributed by atoms with Gasteiger partial charge in [-0.15, -0.1) is 0 Å². The summed E-state index contributed by atoms with van der Waals surface area (Å²) in [6.07, 6.45) is 3.51. The van der Waals surface area contributed by atoms with E-state index in [1.807, 2.05) is 31.3 Å². The second kappa shape index (κ2) is 6.25. The molecular formula is C19H21NO. The topological polar surface area (TPSA) is 32.3 Å². The first-order valence-corrected chi connectivity index (χ1v) is 7.51. The summed E-state index contributed by atoms with van der Waals surface area (Å²) < 4.78 is 0. The van der Waals surface area contributed by atoms with E-state index in [1.54, 1.807) is 0 Å². The standard InChI is InChI=1S/C19H21NO/c1-20-12-6-11-16-15-8-3-2-7-14(15)13-19(21)18-10-5-4-9-17(16)18/h2-5,7-11,19-21H,6,12-13H2,1H3. The minimum absolute atomic E-state index is 0.433. The number of aliphatic hydroxyl groups is 1. The second-order valence-corrected chi connectivity index (χ2v) is 5.47. The zero-order valence-corrected chi connectivity index (χ0v) is 12.3. The van der Waals surface area contributed by atoms with E-state index in [0.717, 1.165) is 24.1 Å². The van der Waals surface area contributed by atoms with Gasteiger partial charge in [0.05, 0.1) is 6.10 Å². The molecule has 0 saturated heterocycles. The number of nitrogens with one attached hydrogen (secondary N) is 1. The monoisotopic (exact) mass is 279 g/mol. The van der Waals surface area contributed by atoms with Gasteiger partial charge in [0.25, 0.3) is 0 Å². The predicted octanol–water partition coefficient (Wildman–Crippen LogP) is 3.32. The van der Waals surface area contributed by atoms with Crippen LogP contribution in [0.5, 0.6) is 0 Å². The van der Waals surface area contributed by atoms with Gasteiger partial charge >= 0.3 is 0 Å². The lowest BCUT2D eigenvalue weighted by Crippen LogP contribution is -2.06. The van der Waals surface area contributed by atoms with E-state index in [1.165, 1.54) is 16.7 Å². The van der Waals surface area contributed by atoms with Crippen LogP contribution in [0, 0.1) is 0 Å². The highest BCUT2D eigenvalue weighted by Gasteiger charge is 2.22. The van der Waals surface area contributed by atoms with Crippen LogP contribution in [0.4, 0.5) is 0 Å². The van der Waals surface area contributed by atoms with Crippen molar-refractivity contribution in [2.24, 2.45) is 0 Å². The van der Waals surface area contributed by atoms with E-state index in [9.17, 15) is 5.11 Å². The summed E-state index contributed by atoms with van der Waals surface area (Å²) in [4.78, 5) is 0. The Hall–Kier alpha value is -1.90. The molecule has 2 aromatic rings. The molecule has 2 heteroatoms. The fraction of sp³-hybridized carbons (Fsp3) is 0.263. The van der Waals surface area contributed by atoms with Crippen molar-refractivity contribution in [2.45, 2.75) is 18.9 Å². The first-order chi connectivity index (χ1) is 10.3. The van der Waals surface area contributed by atoms with Crippen LogP contribution in [0.3, 0.4) is 0 Å². The molecular weight excluding hydrogens is 258 g/mol. The lowest BCUT2D eigenvalue weighted by Gasteiger charge is -2.13. The summed E-state index contributed by atoms with van der Waals surface area (Å²) in [5.41, 5.74) is 5.90. The Morgan fingerprint density at radius 1 is 1.10 bits per heavy atom. The van der Waals surface area contributed by atoms with Gasteiger partial charge in [0.15, 0.2) is 0 Å². The van der Waals surface area contributed by atoms with Gasteiger partial charge in [-0.2, -0.15) is 0 Å². The summed E-state index contributed by atoms with van der Waals surface area (Å²) in [5, 5.41) is 13.7. The molecule has 2 nitrogen and oxygen atoms in total. The lowest BCUT2D eigenvalue weighted by molar-refractivity contribution is 0.179. The Labute approximate surface area is 126 Å². The Balaban J connectivity index is 2.16. The van der Waals surface area contributed by atoms with Crippen LogP contribution < -0.4 is 5.32 Å². The van der Waals surface area contributed by atoms with E-state index in [2.05, 4.69) is 35.7 Å². The normalized spacial score (nSPS) is 19.0. The van der Waals surface area contributed by atoms with Crippen molar-refractivity contribution in [1.29, 1.82) is 0 Å². The molecule has 21 heavy (non-hydrogen) atoms. The van der Waals surface area contributed by atoms with Crippen molar-refractivity contribution in [1.82, 2.24) is 5.32 Å². The molecule has 1 aliphatic rings. The minimum Gasteiger partial charge on any atom is -0.388 e. The van der Waals surface area contributed by atoms with Crippen LogP contribution in [0.1, 0.15) is 34.8 Å². The Kier molecular flexibility index (Phi) is 4.18. The molecule has 2 aromatic carbocycles. The first-order valence-electron chi connectivity index (χ1n) is 7.51. The molecule has 0 bridgehead atoms. The Morgan fingerprint density at radius 2 is 1.81 bits per heavy atom. The van der Waals surface area contributed by atoms with E-state index in [-0.39, 0.29) is 0 Å². The average Bonchev–Trinajstić information content (AvgIpc) is 2.63. The average molecular weight is 279 g/mol. The second-order valence-electron chi connectivity index (χ2n) is 5.47. The molecule has 1 atom stereocenters. The number of fused-ring (bicyclic) bond motifs is 2. The zero-order valence-electron chi connectivity index (χ0n) is 12.3. The summed E-state index contributed by atoms with van der Waals surface area (Å²) >= 11 is 0. The van der Waals surface area contributed by atoms with Crippen molar-refractivity contribution >= 4 is 5.57 Å². The van der Waals surface area contributed by atoms with Crippen LogP contribution >= 0.6 is 0 Å². The first kappa shape index (κ1) is 14.1. The van der Waals surface area contributed by atoms with Crippen molar-refractivity contribution in [3.05, 3.63) is 76.9 Å². The Bertz CT molecular complexity index is 660. The highest BCUT2D eigenvalue weighted by Crippen LogP contribution is 2.37. The molecule has 0 aliphatic heterocycles. The molecule has 0 amide bonds. The summed E-state index contributed by atoms with van der Waals surface area (Å²) in [5.74, 6) is 0. The lowest BCUT2D eigenvalue weighted by atomic mass is 9.93. The van der Waals surface area contributed by atoms with Crippen molar-refractivity contribution in [3.8, 4) is 0 Å². The molecule has 0 heterocycles. The van der Waals surface area contributed by atoms with Gasteiger partial charge in [0.2, 0.25) is 0 Å². The van der Waals surface area contributed by atoms with Gasteiger partial charge in [-0.05, 0) is 47.8 Å². The third kappa shape index (κ3) is 2.78. The third-order valence-electron chi connectivity index (χ3n) is 4.07. The van der Waals surface area contributed by atoms with Crippen molar-refractivity contribution in [2.75, 3.05) is 13.6 Å². The quantitative estimate of drug-likeness (QED) is 0.845. The molecule has 0 spiro atoms. The molecule has 3 rings (SSSR count). The summed E-state index contributed by atoms with van der Waals surface area (Å²) in [7, 11) is 1.97. The van der Waals surface area contributed by atoms with E-state index < -0.39 is 6.10 Å². The van der Waals surface area contributed by atoms with E-state index >= 15 is 0 Å². The van der Waals surface area contributed by atoms with E-state index in [4.69, 9.17) is 0 Å². The fourth-order valence-corrected chi connectivity index (χ4v) is 3.04. The summed E-state index contributed by atoms with van der Waals surface area (Å²) in [6, 6.07) is 16.6. The summed E-state index contributed by atoms with van der Waals surface area (Å²) in [6.45, 7) is 0.955. The van der Waals surface area contributed by atoms with Crippen LogP contribution in [0.25, 0.3) is 5.57 Å².